The van der Waals surface area contributed by atoms with Crippen LogP contribution in [0.4, 0.5) is 4.39 Å². The van der Waals surface area contributed by atoms with E-state index in [1.807, 2.05) is 0 Å². The maximum atomic E-state index is 13.6. The van der Waals surface area contributed by atoms with Crippen LogP contribution in [0.15, 0.2) is 62.8 Å². The first kappa shape index (κ1) is 21.3. The molecule has 150 valence electrons. The van der Waals surface area contributed by atoms with Crippen LogP contribution in [0.2, 0.25) is 0 Å². The van der Waals surface area contributed by atoms with Gasteiger partial charge in [-0.3, -0.25) is 4.79 Å². The summed E-state index contributed by atoms with van der Waals surface area (Å²) in [5.41, 5.74) is 0. The Balaban J connectivity index is 1.50. The third kappa shape index (κ3) is 5.14. The molecule has 9 heteroatoms. The lowest BCUT2D eigenvalue weighted by Crippen LogP contribution is -2.50. The largest absolute Gasteiger partial charge is 0.340 e. The van der Waals surface area contributed by atoms with E-state index in [9.17, 15) is 17.6 Å². The molecule has 28 heavy (non-hydrogen) atoms. The van der Waals surface area contributed by atoms with Crippen LogP contribution in [0.3, 0.4) is 0 Å². The zero-order valence-corrected chi connectivity index (χ0v) is 18.3. The van der Waals surface area contributed by atoms with Gasteiger partial charge >= 0.3 is 0 Å². The summed E-state index contributed by atoms with van der Waals surface area (Å²) in [6, 6.07) is 13.1. The Morgan fingerprint density at radius 3 is 2.46 bits per heavy atom. The van der Waals surface area contributed by atoms with Crippen molar-refractivity contribution in [1.82, 2.24) is 9.21 Å². The number of carbonyl (C=O) groups is 1. The molecule has 1 fully saturated rings. The van der Waals surface area contributed by atoms with Crippen LogP contribution in [-0.2, 0) is 14.8 Å². The van der Waals surface area contributed by atoms with Gasteiger partial charge in [0.1, 0.15) is 5.82 Å². The van der Waals surface area contributed by atoms with E-state index in [2.05, 4.69) is 15.9 Å². The molecule has 1 heterocycles. The van der Waals surface area contributed by atoms with Gasteiger partial charge in [0.25, 0.3) is 0 Å². The Morgan fingerprint density at radius 2 is 1.79 bits per heavy atom. The highest BCUT2D eigenvalue weighted by Gasteiger charge is 2.30. The Bertz CT molecular complexity index is 948. The summed E-state index contributed by atoms with van der Waals surface area (Å²) < 4.78 is 41.2. The number of benzene rings is 2. The van der Waals surface area contributed by atoms with E-state index >= 15 is 0 Å². The van der Waals surface area contributed by atoms with E-state index in [0.717, 1.165) is 0 Å². The summed E-state index contributed by atoms with van der Waals surface area (Å²) in [4.78, 5) is 14.8. The van der Waals surface area contributed by atoms with Gasteiger partial charge in [0.05, 0.1) is 4.90 Å². The third-order valence-electron chi connectivity index (χ3n) is 4.44. The first-order valence-corrected chi connectivity index (χ1v) is 12.0. The van der Waals surface area contributed by atoms with Crippen molar-refractivity contribution >= 4 is 43.6 Å². The van der Waals surface area contributed by atoms with Gasteiger partial charge in [0, 0.05) is 47.7 Å². The number of sulfonamides is 1. The molecule has 2 aromatic rings. The minimum Gasteiger partial charge on any atom is -0.340 e. The lowest BCUT2D eigenvalue weighted by molar-refractivity contribution is -0.131. The Morgan fingerprint density at radius 1 is 1.07 bits per heavy atom. The van der Waals surface area contributed by atoms with Crippen molar-refractivity contribution in [2.24, 2.45) is 0 Å². The monoisotopic (exact) mass is 486 g/mol. The second-order valence-electron chi connectivity index (χ2n) is 6.27. The molecule has 1 aliphatic heterocycles. The van der Waals surface area contributed by atoms with Gasteiger partial charge in [0.2, 0.25) is 15.9 Å². The lowest BCUT2D eigenvalue weighted by Gasteiger charge is -2.34. The van der Waals surface area contributed by atoms with Crippen molar-refractivity contribution in [3.05, 3.63) is 58.8 Å². The molecular formula is C19H20BrFN2O3S2. The van der Waals surface area contributed by atoms with Crippen LogP contribution in [0, 0.1) is 5.82 Å². The molecule has 2 aromatic carbocycles. The highest BCUT2D eigenvalue weighted by atomic mass is 79.9. The third-order valence-corrected chi connectivity index (χ3v) is 7.87. The van der Waals surface area contributed by atoms with Crippen LogP contribution in [0.25, 0.3) is 0 Å². The minimum atomic E-state index is -3.57. The van der Waals surface area contributed by atoms with Crippen LogP contribution < -0.4 is 0 Å². The summed E-state index contributed by atoms with van der Waals surface area (Å²) in [6.07, 6.45) is 0.289. The molecule has 3 rings (SSSR count). The molecule has 0 atom stereocenters. The van der Waals surface area contributed by atoms with Gasteiger partial charge in [-0.25, -0.2) is 12.8 Å². The number of carbonyl (C=O) groups excluding carboxylic acids is 1. The zero-order valence-electron chi connectivity index (χ0n) is 15.1. The van der Waals surface area contributed by atoms with Gasteiger partial charge in [0.15, 0.2) is 0 Å². The molecule has 0 aromatic heterocycles. The predicted octanol–water partition coefficient (Wildman–Crippen LogP) is 3.60. The topological polar surface area (TPSA) is 57.7 Å². The van der Waals surface area contributed by atoms with Crippen molar-refractivity contribution in [2.45, 2.75) is 16.2 Å². The maximum Gasteiger partial charge on any atom is 0.243 e. The summed E-state index contributed by atoms with van der Waals surface area (Å²) >= 11 is 4.60. The normalized spacial score (nSPS) is 15.6. The summed E-state index contributed by atoms with van der Waals surface area (Å²) in [7, 11) is -3.57. The van der Waals surface area contributed by atoms with Crippen molar-refractivity contribution < 1.29 is 17.6 Å². The smallest absolute Gasteiger partial charge is 0.243 e. The van der Waals surface area contributed by atoms with Crippen LogP contribution >= 0.6 is 27.7 Å². The standard InChI is InChI=1S/C19H20BrFN2O3S2/c20-15-4-3-5-16(14-15)28(25,26)23-11-9-22(10-12-23)19(24)8-13-27-18-7-2-1-6-17(18)21/h1-7,14H,8-13H2. The molecule has 1 saturated heterocycles. The Labute approximate surface area is 177 Å². The minimum absolute atomic E-state index is 0.0386. The van der Waals surface area contributed by atoms with Gasteiger partial charge in [-0.1, -0.05) is 34.1 Å². The number of hydrogen-bond acceptors (Lipinski definition) is 4. The zero-order chi connectivity index (χ0) is 20.1. The average molecular weight is 487 g/mol. The highest BCUT2D eigenvalue weighted by Crippen LogP contribution is 2.23. The van der Waals surface area contributed by atoms with Gasteiger partial charge in [-0.15, -0.1) is 11.8 Å². The van der Waals surface area contributed by atoms with E-state index in [1.165, 1.54) is 22.1 Å². The highest BCUT2D eigenvalue weighted by molar-refractivity contribution is 9.10. The summed E-state index contributed by atoms with van der Waals surface area (Å²) in [6.45, 7) is 1.24. The van der Waals surface area contributed by atoms with Gasteiger partial charge in [-0.05, 0) is 30.3 Å². The molecule has 0 N–H and O–H groups in total. The number of piperazine rings is 1. The maximum absolute atomic E-state index is 13.6. The van der Waals surface area contributed by atoms with E-state index in [-0.39, 0.29) is 36.1 Å². The second kappa shape index (κ2) is 9.39. The number of amides is 1. The predicted molar refractivity (Wildman–Crippen MR) is 111 cm³/mol. The van der Waals surface area contributed by atoms with Crippen molar-refractivity contribution in [3.8, 4) is 0 Å². The fraction of sp³-hybridized carbons (Fsp3) is 0.316. The van der Waals surface area contributed by atoms with Crippen LogP contribution in [0.5, 0.6) is 0 Å². The molecule has 0 aliphatic carbocycles. The van der Waals surface area contributed by atoms with Gasteiger partial charge < -0.3 is 4.90 Å². The molecule has 0 bridgehead atoms. The molecule has 5 nitrogen and oxygen atoms in total. The Hall–Kier alpha value is -1.42. The molecule has 0 unspecified atom stereocenters. The van der Waals surface area contributed by atoms with Crippen LogP contribution in [-0.4, -0.2) is 55.5 Å². The molecule has 0 spiro atoms. The Kier molecular flexibility index (Phi) is 7.14. The quantitative estimate of drug-likeness (QED) is 0.585. The number of rotatable bonds is 6. The van der Waals surface area contributed by atoms with Crippen molar-refractivity contribution in [3.63, 3.8) is 0 Å². The fourth-order valence-electron chi connectivity index (χ4n) is 2.92. The number of hydrogen-bond donors (Lipinski definition) is 0. The second-order valence-corrected chi connectivity index (χ2v) is 10.3. The lowest BCUT2D eigenvalue weighted by atomic mass is 10.3. The summed E-state index contributed by atoms with van der Waals surface area (Å²) in [5.74, 6) is 0.158. The SMILES string of the molecule is O=C(CCSc1ccccc1F)N1CCN(S(=O)(=O)c2cccc(Br)c2)CC1. The molecule has 0 saturated carbocycles. The number of thioether (sulfide) groups is 1. The van der Waals surface area contributed by atoms with Crippen molar-refractivity contribution in [2.75, 3.05) is 31.9 Å². The van der Waals surface area contributed by atoms with E-state index in [0.29, 0.717) is 28.2 Å². The first-order chi connectivity index (χ1) is 13.4. The number of halogens is 2. The van der Waals surface area contributed by atoms with Crippen LogP contribution in [0.1, 0.15) is 6.42 Å². The van der Waals surface area contributed by atoms with E-state index < -0.39 is 10.0 Å². The number of nitrogens with zero attached hydrogens (tertiary/aromatic N) is 2. The molecular weight excluding hydrogens is 467 g/mol. The van der Waals surface area contributed by atoms with Crippen molar-refractivity contribution in [1.29, 1.82) is 0 Å². The van der Waals surface area contributed by atoms with Gasteiger partial charge in [-0.2, -0.15) is 4.31 Å². The summed E-state index contributed by atoms with van der Waals surface area (Å²) in [5, 5.41) is 0. The average Bonchev–Trinajstić information content (AvgIpc) is 2.69. The fourth-order valence-corrected chi connectivity index (χ4v) is 5.82. The molecule has 1 amide bonds. The van der Waals surface area contributed by atoms with E-state index in [4.69, 9.17) is 0 Å². The van der Waals surface area contributed by atoms with E-state index in [1.54, 1.807) is 47.4 Å². The molecule has 1 aliphatic rings. The molecule has 0 radical (unpaired) electrons. The first-order valence-electron chi connectivity index (χ1n) is 8.79.